The Hall–Kier alpha value is -1.77. The Balaban J connectivity index is 2.40. The van der Waals surface area contributed by atoms with Crippen LogP contribution in [0.1, 0.15) is 37.8 Å². The van der Waals surface area contributed by atoms with Crippen molar-refractivity contribution >= 4 is 5.91 Å². The maximum atomic E-state index is 12.0. The zero-order valence-corrected chi connectivity index (χ0v) is 13.7. The minimum Gasteiger partial charge on any atom is -0.493 e. The van der Waals surface area contributed by atoms with Crippen molar-refractivity contribution in [2.45, 2.75) is 40.5 Å². The Morgan fingerprint density at radius 2 is 2.10 bits per heavy atom. The van der Waals surface area contributed by atoms with Crippen LogP contribution in [-0.4, -0.2) is 19.1 Å². The molecule has 0 spiro atoms. The van der Waals surface area contributed by atoms with E-state index in [-0.39, 0.29) is 11.3 Å². The predicted molar refractivity (Wildman–Crippen MR) is 87.6 cm³/mol. The lowest BCUT2D eigenvalue weighted by atomic mass is 9.87. The smallest absolute Gasteiger partial charge is 0.225 e. The minimum atomic E-state index is -0.381. The zero-order valence-electron chi connectivity index (χ0n) is 13.7. The van der Waals surface area contributed by atoms with Crippen molar-refractivity contribution in [1.29, 1.82) is 0 Å². The second-order valence-corrected chi connectivity index (χ2v) is 6.10. The maximum absolute atomic E-state index is 12.0. The van der Waals surface area contributed by atoms with Gasteiger partial charge < -0.3 is 10.1 Å². The van der Waals surface area contributed by atoms with Gasteiger partial charge in [-0.15, -0.1) is 6.58 Å². The number of hydrogen-bond acceptors (Lipinski definition) is 2. The van der Waals surface area contributed by atoms with Crippen LogP contribution in [0, 0.1) is 19.3 Å². The van der Waals surface area contributed by atoms with Crippen LogP contribution in [0.25, 0.3) is 0 Å². The van der Waals surface area contributed by atoms with Gasteiger partial charge in [0, 0.05) is 12.0 Å². The van der Waals surface area contributed by atoms with E-state index in [9.17, 15) is 4.79 Å². The number of benzene rings is 1. The van der Waals surface area contributed by atoms with Crippen molar-refractivity contribution in [3.8, 4) is 5.75 Å². The molecular formula is C18H27NO2. The number of ether oxygens (including phenoxy) is 1. The molecule has 3 nitrogen and oxygen atoms in total. The van der Waals surface area contributed by atoms with E-state index in [1.165, 1.54) is 5.56 Å². The Morgan fingerprint density at radius 3 is 2.76 bits per heavy atom. The molecule has 1 rings (SSSR count). The lowest BCUT2D eigenvalue weighted by Crippen LogP contribution is -2.37. The third kappa shape index (κ3) is 5.62. The SMILES string of the molecule is C=CCNC(=O)C(C)(C)CCCOc1cc(C)ccc1C. The molecule has 0 saturated heterocycles. The molecule has 1 amide bonds. The molecule has 0 atom stereocenters. The number of carbonyl (C=O) groups is 1. The molecule has 0 aliphatic rings. The Bertz CT molecular complexity index is 492. The van der Waals surface area contributed by atoms with E-state index in [1.807, 2.05) is 20.8 Å². The predicted octanol–water partition coefficient (Wildman–Crippen LogP) is 3.79. The third-order valence-corrected chi connectivity index (χ3v) is 3.57. The van der Waals surface area contributed by atoms with Crippen LogP contribution in [0.15, 0.2) is 30.9 Å². The Kier molecular flexibility index (Phi) is 6.47. The molecule has 116 valence electrons. The highest BCUT2D eigenvalue weighted by Gasteiger charge is 2.26. The molecular weight excluding hydrogens is 262 g/mol. The lowest BCUT2D eigenvalue weighted by Gasteiger charge is -2.23. The second kappa shape index (κ2) is 7.87. The van der Waals surface area contributed by atoms with Gasteiger partial charge in [-0.1, -0.05) is 32.1 Å². The van der Waals surface area contributed by atoms with Crippen LogP contribution in [0.5, 0.6) is 5.75 Å². The Morgan fingerprint density at radius 1 is 1.38 bits per heavy atom. The summed E-state index contributed by atoms with van der Waals surface area (Å²) >= 11 is 0. The average molecular weight is 289 g/mol. The second-order valence-electron chi connectivity index (χ2n) is 6.10. The highest BCUT2D eigenvalue weighted by atomic mass is 16.5. The summed E-state index contributed by atoms with van der Waals surface area (Å²) in [5.41, 5.74) is 1.96. The Labute approximate surface area is 128 Å². The van der Waals surface area contributed by atoms with Crippen LogP contribution in [-0.2, 0) is 4.79 Å². The van der Waals surface area contributed by atoms with Gasteiger partial charge in [-0.05, 0) is 43.9 Å². The summed E-state index contributed by atoms with van der Waals surface area (Å²) in [6, 6.07) is 6.20. The van der Waals surface area contributed by atoms with Crippen molar-refractivity contribution < 1.29 is 9.53 Å². The quantitative estimate of drug-likeness (QED) is 0.584. The van der Waals surface area contributed by atoms with Gasteiger partial charge in [0.25, 0.3) is 0 Å². The lowest BCUT2D eigenvalue weighted by molar-refractivity contribution is -0.129. The van der Waals surface area contributed by atoms with Crippen molar-refractivity contribution in [2.75, 3.05) is 13.2 Å². The van der Waals surface area contributed by atoms with E-state index in [1.54, 1.807) is 6.08 Å². The van der Waals surface area contributed by atoms with Gasteiger partial charge in [0.1, 0.15) is 5.75 Å². The van der Waals surface area contributed by atoms with E-state index in [0.717, 1.165) is 24.2 Å². The molecule has 1 aromatic rings. The molecule has 0 aliphatic heterocycles. The number of hydrogen-bond donors (Lipinski definition) is 1. The fourth-order valence-electron chi connectivity index (χ4n) is 2.08. The molecule has 0 aliphatic carbocycles. The summed E-state index contributed by atoms with van der Waals surface area (Å²) in [4.78, 5) is 12.0. The normalized spacial score (nSPS) is 11.0. The van der Waals surface area contributed by atoms with Gasteiger partial charge in [-0.25, -0.2) is 0 Å². The number of nitrogens with one attached hydrogen (secondary N) is 1. The third-order valence-electron chi connectivity index (χ3n) is 3.57. The molecule has 21 heavy (non-hydrogen) atoms. The first-order valence-corrected chi connectivity index (χ1v) is 7.46. The molecule has 0 saturated carbocycles. The van der Waals surface area contributed by atoms with Gasteiger partial charge in [0.2, 0.25) is 5.91 Å². The number of carbonyl (C=O) groups excluding carboxylic acids is 1. The van der Waals surface area contributed by atoms with E-state index in [2.05, 4.69) is 37.0 Å². The van der Waals surface area contributed by atoms with Crippen LogP contribution < -0.4 is 10.1 Å². The zero-order chi connectivity index (χ0) is 15.9. The van der Waals surface area contributed by atoms with Gasteiger partial charge in [-0.3, -0.25) is 4.79 Å². The largest absolute Gasteiger partial charge is 0.493 e. The topological polar surface area (TPSA) is 38.3 Å². The summed E-state index contributed by atoms with van der Waals surface area (Å²) < 4.78 is 5.83. The van der Waals surface area contributed by atoms with E-state index < -0.39 is 0 Å². The first-order chi connectivity index (χ1) is 9.86. The molecule has 3 heteroatoms. The van der Waals surface area contributed by atoms with E-state index in [4.69, 9.17) is 4.74 Å². The fourth-order valence-corrected chi connectivity index (χ4v) is 2.08. The average Bonchev–Trinajstić information content (AvgIpc) is 2.44. The van der Waals surface area contributed by atoms with Crippen molar-refractivity contribution in [3.63, 3.8) is 0 Å². The number of rotatable bonds is 8. The molecule has 0 aromatic heterocycles. The number of aryl methyl sites for hydroxylation is 2. The monoisotopic (exact) mass is 289 g/mol. The van der Waals surface area contributed by atoms with Crippen LogP contribution >= 0.6 is 0 Å². The van der Waals surface area contributed by atoms with Gasteiger partial charge in [0.05, 0.1) is 6.61 Å². The summed E-state index contributed by atoms with van der Waals surface area (Å²) in [6.07, 6.45) is 3.33. The van der Waals surface area contributed by atoms with Crippen LogP contribution in [0.3, 0.4) is 0 Å². The molecule has 0 unspecified atom stereocenters. The summed E-state index contributed by atoms with van der Waals surface area (Å²) in [7, 11) is 0. The van der Waals surface area contributed by atoms with Gasteiger partial charge in [0.15, 0.2) is 0 Å². The van der Waals surface area contributed by atoms with Crippen molar-refractivity contribution in [1.82, 2.24) is 5.32 Å². The minimum absolute atomic E-state index is 0.0640. The molecule has 0 fully saturated rings. The van der Waals surface area contributed by atoms with Crippen molar-refractivity contribution in [3.05, 3.63) is 42.0 Å². The summed E-state index contributed by atoms with van der Waals surface area (Å²) in [6.45, 7) is 12.8. The van der Waals surface area contributed by atoms with Gasteiger partial charge >= 0.3 is 0 Å². The molecule has 0 bridgehead atoms. The van der Waals surface area contributed by atoms with Crippen LogP contribution in [0.2, 0.25) is 0 Å². The van der Waals surface area contributed by atoms with E-state index in [0.29, 0.717) is 13.2 Å². The fraction of sp³-hybridized carbons (Fsp3) is 0.500. The van der Waals surface area contributed by atoms with Gasteiger partial charge in [-0.2, -0.15) is 0 Å². The highest BCUT2D eigenvalue weighted by Crippen LogP contribution is 2.24. The molecule has 0 heterocycles. The molecule has 1 N–H and O–H groups in total. The maximum Gasteiger partial charge on any atom is 0.225 e. The van der Waals surface area contributed by atoms with E-state index >= 15 is 0 Å². The van der Waals surface area contributed by atoms with Crippen LogP contribution in [0.4, 0.5) is 0 Å². The first-order valence-electron chi connectivity index (χ1n) is 7.46. The highest BCUT2D eigenvalue weighted by molar-refractivity contribution is 5.81. The molecule has 1 aromatic carbocycles. The van der Waals surface area contributed by atoms with Crippen molar-refractivity contribution in [2.24, 2.45) is 5.41 Å². The molecule has 0 radical (unpaired) electrons. The summed E-state index contributed by atoms with van der Waals surface area (Å²) in [5, 5.41) is 2.85. The first kappa shape index (κ1) is 17.3. The standard InChI is InChI=1S/C18H27NO2/c1-6-11-19-17(20)18(4,5)10-7-12-21-16-13-14(2)8-9-15(16)3/h6,8-9,13H,1,7,10-12H2,2-5H3,(H,19,20). The summed E-state index contributed by atoms with van der Waals surface area (Å²) in [5.74, 6) is 0.998. The number of amides is 1.